The summed E-state index contributed by atoms with van der Waals surface area (Å²) in [6.45, 7) is 4.07. The van der Waals surface area contributed by atoms with E-state index in [0.717, 1.165) is 16.8 Å². The molecule has 4 N–H and O–H groups in total. The summed E-state index contributed by atoms with van der Waals surface area (Å²) in [5.74, 6) is 0.287. The lowest BCUT2D eigenvalue weighted by Crippen LogP contribution is -2.08. The first-order valence-electron chi connectivity index (χ1n) is 3.97. The molecule has 1 heterocycles. The molecule has 1 rings (SSSR count). The van der Waals surface area contributed by atoms with Crippen LogP contribution in [-0.4, -0.2) is 4.98 Å². The Morgan fingerprint density at radius 1 is 1.46 bits per heavy atom. The van der Waals surface area contributed by atoms with E-state index in [2.05, 4.69) is 4.98 Å². The molecule has 4 nitrogen and oxygen atoms in total. The van der Waals surface area contributed by atoms with Gasteiger partial charge in [-0.3, -0.25) is 0 Å². The third-order valence-electron chi connectivity index (χ3n) is 2.12. The van der Waals surface area contributed by atoms with Crippen LogP contribution in [0.3, 0.4) is 0 Å². The maximum absolute atomic E-state index is 8.80. The highest BCUT2D eigenvalue weighted by Gasteiger charge is 2.10. The van der Waals surface area contributed by atoms with E-state index in [-0.39, 0.29) is 5.82 Å². The zero-order valence-corrected chi connectivity index (χ0v) is 7.76. The van der Waals surface area contributed by atoms with E-state index in [9.17, 15) is 0 Å². The highest BCUT2D eigenvalue weighted by molar-refractivity contribution is 5.56. The largest absolute Gasteiger partial charge is 0.383 e. The van der Waals surface area contributed by atoms with Gasteiger partial charge in [-0.25, -0.2) is 4.98 Å². The van der Waals surface area contributed by atoms with Gasteiger partial charge >= 0.3 is 0 Å². The number of nitriles is 1. The lowest BCUT2D eigenvalue weighted by molar-refractivity contribution is 0.986. The normalized spacial score (nSPS) is 9.69. The number of nitrogens with two attached hydrogens (primary N) is 2. The fourth-order valence-corrected chi connectivity index (χ4v) is 1.36. The molecule has 0 atom stereocenters. The minimum absolute atomic E-state index is 0.287. The van der Waals surface area contributed by atoms with Gasteiger partial charge in [-0.05, 0) is 25.0 Å². The van der Waals surface area contributed by atoms with Crippen molar-refractivity contribution in [3.63, 3.8) is 0 Å². The second-order valence-corrected chi connectivity index (χ2v) is 2.88. The maximum atomic E-state index is 8.80. The fraction of sp³-hybridized carbons (Fsp3) is 0.333. The van der Waals surface area contributed by atoms with Gasteiger partial charge in [0, 0.05) is 12.2 Å². The first kappa shape index (κ1) is 9.49. The lowest BCUT2D eigenvalue weighted by atomic mass is 10.0. The molecular weight excluding hydrogens is 164 g/mol. The van der Waals surface area contributed by atoms with Crippen molar-refractivity contribution < 1.29 is 0 Å². The smallest absolute Gasteiger partial charge is 0.141 e. The quantitative estimate of drug-likeness (QED) is 0.656. The van der Waals surface area contributed by atoms with Crippen LogP contribution in [0.15, 0.2) is 0 Å². The Morgan fingerprint density at radius 2 is 2.08 bits per heavy atom. The summed E-state index contributed by atoms with van der Waals surface area (Å²) in [4.78, 5) is 4.05. The molecule has 0 unspecified atom stereocenters. The van der Waals surface area contributed by atoms with E-state index in [1.165, 1.54) is 0 Å². The number of nitrogens with zero attached hydrogens (tertiary/aromatic N) is 2. The zero-order chi connectivity index (χ0) is 10.0. The van der Waals surface area contributed by atoms with Crippen LogP contribution in [-0.2, 0) is 6.54 Å². The van der Waals surface area contributed by atoms with Gasteiger partial charge in [0.05, 0.1) is 5.56 Å². The van der Waals surface area contributed by atoms with Gasteiger partial charge in [0.25, 0.3) is 0 Å². The molecule has 1 aromatic heterocycles. The van der Waals surface area contributed by atoms with E-state index in [0.29, 0.717) is 12.1 Å². The van der Waals surface area contributed by atoms with Crippen LogP contribution in [0, 0.1) is 25.2 Å². The summed E-state index contributed by atoms with van der Waals surface area (Å²) in [6, 6.07) is 2.02. The van der Waals surface area contributed by atoms with E-state index in [1.807, 2.05) is 19.9 Å². The first-order valence-corrected chi connectivity index (χ1v) is 3.97. The maximum Gasteiger partial charge on any atom is 0.141 e. The Kier molecular flexibility index (Phi) is 2.49. The molecular formula is C9H12N4. The van der Waals surface area contributed by atoms with Crippen molar-refractivity contribution in [1.29, 1.82) is 5.26 Å². The van der Waals surface area contributed by atoms with E-state index in [4.69, 9.17) is 16.7 Å². The summed E-state index contributed by atoms with van der Waals surface area (Å²) in [5, 5.41) is 8.80. The predicted octanol–water partition coefficient (Wildman–Crippen LogP) is 0.611. The standard InChI is InChI=1S/C9H12N4/c1-5-7(3-10)6(2)13-9(12)8(5)4-11/h3,10H2,1-2H3,(H2,12,13). The Bertz CT molecular complexity index is 376. The number of hydrogen-bond donors (Lipinski definition) is 2. The fourth-order valence-electron chi connectivity index (χ4n) is 1.36. The Balaban J connectivity index is 3.51. The molecule has 1 aromatic rings. The van der Waals surface area contributed by atoms with Crippen LogP contribution in [0.25, 0.3) is 0 Å². The molecule has 0 saturated carbocycles. The van der Waals surface area contributed by atoms with E-state index in [1.54, 1.807) is 0 Å². The van der Waals surface area contributed by atoms with Crippen LogP contribution < -0.4 is 11.5 Å². The van der Waals surface area contributed by atoms with Crippen molar-refractivity contribution in [3.8, 4) is 6.07 Å². The molecule has 4 heteroatoms. The van der Waals surface area contributed by atoms with Crippen LogP contribution in [0.1, 0.15) is 22.4 Å². The molecule has 0 bridgehead atoms. The van der Waals surface area contributed by atoms with Crippen molar-refractivity contribution in [2.24, 2.45) is 5.73 Å². The van der Waals surface area contributed by atoms with Crippen LogP contribution in [0.2, 0.25) is 0 Å². The summed E-state index contributed by atoms with van der Waals surface area (Å²) >= 11 is 0. The predicted molar refractivity (Wildman–Crippen MR) is 50.7 cm³/mol. The summed E-state index contributed by atoms with van der Waals surface area (Å²) in [7, 11) is 0. The molecule has 0 aliphatic rings. The van der Waals surface area contributed by atoms with Crippen molar-refractivity contribution in [2.45, 2.75) is 20.4 Å². The first-order chi connectivity index (χ1) is 6.11. The van der Waals surface area contributed by atoms with E-state index < -0.39 is 0 Å². The van der Waals surface area contributed by atoms with Crippen molar-refractivity contribution >= 4 is 5.82 Å². The third-order valence-corrected chi connectivity index (χ3v) is 2.12. The highest BCUT2D eigenvalue weighted by Crippen LogP contribution is 2.19. The molecule has 0 radical (unpaired) electrons. The average Bonchev–Trinajstić information content (AvgIpc) is 2.04. The number of aromatic nitrogens is 1. The third kappa shape index (κ3) is 1.46. The Labute approximate surface area is 77.2 Å². The minimum Gasteiger partial charge on any atom is -0.383 e. The highest BCUT2D eigenvalue weighted by atomic mass is 14.8. The van der Waals surface area contributed by atoms with Gasteiger partial charge in [0.1, 0.15) is 11.9 Å². The second kappa shape index (κ2) is 3.42. The number of rotatable bonds is 1. The Hall–Kier alpha value is -1.60. The summed E-state index contributed by atoms with van der Waals surface area (Å²) in [5.41, 5.74) is 14.1. The molecule has 0 amide bonds. The number of hydrogen-bond acceptors (Lipinski definition) is 4. The lowest BCUT2D eigenvalue weighted by Gasteiger charge is -2.09. The number of pyridine rings is 1. The summed E-state index contributed by atoms with van der Waals surface area (Å²) < 4.78 is 0. The van der Waals surface area contributed by atoms with E-state index >= 15 is 0 Å². The van der Waals surface area contributed by atoms with Crippen molar-refractivity contribution in [2.75, 3.05) is 5.73 Å². The van der Waals surface area contributed by atoms with Crippen molar-refractivity contribution in [1.82, 2.24) is 4.98 Å². The minimum atomic E-state index is 0.287. The molecule has 68 valence electrons. The zero-order valence-electron chi connectivity index (χ0n) is 7.76. The van der Waals surface area contributed by atoms with Gasteiger partial charge in [-0.2, -0.15) is 5.26 Å². The Morgan fingerprint density at radius 3 is 2.54 bits per heavy atom. The van der Waals surface area contributed by atoms with Gasteiger partial charge in [0.15, 0.2) is 0 Å². The number of nitrogen functional groups attached to an aromatic ring is 1. The monoisotopic (exact) mass is 176 g/mol. The number of aryl methyl sites for hydroxylation is 1. The molecule has 0 aromatic carbocycles. The SMILES string of the molecule is Cc1nc(N)c(C#N)c(C)c1CN. The molecule has 0 spiro atoms. The molecule has 0 aliphatic heterocycles. The molecule has 0 aliphatic carbocycles. The van der Waals surface area contributed by atoms with Gasteiger partial charge in [-0.15, -0.1) is 0 Å². The van der Waals surface area contributed by atoms with Crippen LogP contribution in [0.4, 0.5) is 5.82 Å². The summed E-state index contributed by atoms with van der Waals surface area (Å²) in [6.07, 6.45) is 0. The number of anilines is 1. The van der Waals surface area contributed by atoms with Gasteiger partial charge in [0.2, 0.25) is 0 Å². The molecule has 0 saturated heterocycles. The van der Waals surface area contributed by atoms with Gasteiger partial charge < -0.3 is 11.5 Å². The topological polar surface area (TPSA) is 88.7 Å². The van der Waals surface area contributed by atoms with Crippen LogP contribution >= 0.6 is 0 Å². The molecule has 13 heavy (non-hydrogen) atoms. The van der Waals surface area contributed by atoms with Crippen molar-refractivity contribution in [3.05, 3.63) is 22.4 Å². The van der Waals surface area contributed by atoms with Crippen LogP contribution in [0.5, 0.6) is 0 Å². The average molecular weight is 176 g/mol. The second-order valence-electron chi connectivity index (χ2n) is 2.88. The molecule has 0 fully saturated rings. The van der Waals surface area contributed by atoms with Gasteiger partial charge in [-0.1, -0.05) is 0 Å².